The molecule has 0 amide bonds. The summed E-state index contributed by atoms with van der Waals surface area (Å²) >= 11 is 0. The van der Waals surface area contributed by atoms with E-state index >= 15 is 0 Å². The first-order valence-electron chi connectivity index (χ1n) is 30.8. The van der Waals surface area contributed by atoms with Crippen LogP contribution in [0.4, 0.5) is 0 Å². The Kier molecular flexibility index (Phi) is 53.5. The average Bonchev–Trinajstić information content (AvgIpc) is 3.32. The van der Waals surface area contributed by atoms with Gasteiger partial charge in [0, 0.05) is 19.3 Å². The zero-order valence-corrected chi connectivity index (χ0v) is 46.7. The van der Waals surface area contributed by atoms with Gasteiger partial charge in [0.25, 0.3) is 0 Å². The Morgan fingerprint density at radius 3 is 0.838 bits per heavy atom. The third-order valence-corrected chi connectivity index (χ3v) is 14.6. The van der Waals surface area contributed by atoms with Crippen LogP contribution >= 0.6 is 0 Å². The number of rotatable bonds is 56. The second-order valence-electron chi connectivity index (χ2n) is 22.1. The van der Waals surface area contributed by atoms with E-state index in [1.165, 1.54) is 238 Å². The minimum Gasteiger partial charge on any atom is -0.462 e. The molecule has 0 aromatic rings. The molecule has 0 saturated heterocycles. The van der Waals surface area contributed by atoms with E-state index in [1.54, 1.807) is 0 Å². The standard InChI is InChI=1S/C62H120O6/c1-6-8-9-10-11-12-13-14-15-16-17-18-23-28-34-39-44-49-54-62(65)68-59(56-67-61(64)53-48-43-38-33-29-24-25-30-35-40-45-50-57(3)4)55-66-60(63)52-47-42-37-32-27-22-20-19-21-26-31-36-41-46-51-58(5)7-2/h57-59H,6-56H2,1-5H3/t58?,59-/m0/s1. The van der Waals surface area contributed by atoms with Gasteiger partial charge in [-0.3, -0.25) is 14.4 Å². The monoisotopic (exact) mass is 961 g/mol. The van der Waals surface area contributed by atoms with Crippen molar-refractivity contribution in [2.75, 3.05) is 13.2 Å². The SMILES string of the molecule is CCCCCCCCCCCCCCCCCCCCC(=O)O[C@@H](COC(=O)CCCCCCCCCCCCCCCCC(C)CC)COC(=O)CCCCCCCCCCCCCC(C)C. The summed E-state index contributed by atoms with van der Waals surface area (Å²) in [5, 5.41) is 0. The molecule has 0 radical (unpaired) electrons. The molecule has 1 unspecified atom stereocenters. The lowest BCUT2D eigenvalue weighted by Crippen LogP contribution is -2.30. The van der Waals surface area contributed by atoms with E-state index in [2.05, 4.69) is 34.6 Å². The van der Waals surface area contributed by atoms with Gasteiger partial charge in [-0.1, -0.05) is 311 Å². The second kappa shape index (κ2) is 54.7. The van der Waals surface area contributed by atoms with Crippen LogP contribution in [-0.4, -0.2) is 37.2 Å². The van der Waals surface area contributed by atoms with E-state index in [4.69, 9.17) is 14.2 Å². The third kappa shape index (κ3) is 53.8. The van der Waals surface area contributed by atoms with E-state index in [1.807, 2.05) is 0 Å². The first kappa shape index (κ1) is 66.4. The van der Waals surface area contributed by atoms with E-state index in [-0.39, 0.29) is 31.1 Å². The van der Waals surface area contributed by atoms with Crippen LogP contribution in [-0.2, 0) is 28.6 Å². The molecule has 0 aliphatic carbocycles. The van der Waals surface area contributed by atoms with E-state index in [0.717, 1.165) is 69.6 Å². The zero-order valence-electron chi connectivity index (χ0n) is 46.7. The summed E-state index contributed by atoms with van der Waals surface area (Å²) in [6, 6.07) is 0. The summed E-state index contributed by atoms with van der Waals surface area (Å²) in [5.74, 6) is 0.887. The zero-order chi connectivity index (χ0) is 49.6. The maximum Gasteiger partial charge on any atom is 0.306 e. The van der Waals surface area contributed by atoms with Crippen LogP contribution < -0.4 is 0 Å². The minimum absolute atomic E-state index is 0.0623. The molecule has 0 fully saturated rings. The summed E-state index contributed by atoms with van der Waals surface area (Å²) < 4.78 is 16.9. The molecule has 6 heteroatoms. The molecule has 404 valence electrons. The van der Waals surface area contributed by atoms with Gasteiger partial charge in [-0.05, 0) is 31.1 Å². The van der Waals surface area contributed by atoms with Crippen molar-refractivity contribution < 1.29 is 28.6 Å². The van der Waals surface area contributed by atoms with Gasteiger partial charge in [-0.15, -0.1) is 0 Å². The lowest BCUT2D eigenvalue weighted by Gasteiger charge is -2.18. The van der Waals surface area contributed by atoms with Gasteiger partial charge >= 0.3 is 17.9 Å². The predicted molar refractivity (Wildman–Crippen MR) is 293 cm³/mol. The number of ether oxygens (including phenoxy) is 3. The Hall–Kier alpha value is -1.59. The minimum atomic E-state index is -0.763. The highest BCUT2D eigenvalue weighted by atomic mass is 16.6. The Balaban J connectivity index is 4.29. The number of esters is 3. The van der Waals surface area contributed by atoms with Gasteiger partial charge in [0.15, 0.2) is 6.10 Å². The summed E-state index contributed by atoms with van der Waals surface area (Å²) in [6.45, 7) is 11.5. The molecule has 2 atom stereocenters. The molecular formula is C62H120O6. The van der Waals surface area contributed by atoms with Crippen LogP contribution in [0.15, 0.2) is 0 Å². The Labute approximate surface area is 425 Å². The van der Waals surface area contributed by atoms with Gasteiger partial charge in [-0.2, -0.15) is 0 Å². The maximum absolute atomic E-state index is 12.9. The molecule has 0 spiro atoms. The van der Waals surface area contributed by atoms with Crippen molar-refractivity contribution in [1.29, 1.82) is 0 Å². The van der Waals surface area contributed by atoms with Gasteiger partial charge < -0.3 is 14.2 Å². The topological polar surface area (TPSA) is 78.9 Å². The molecule has 0 N–H and O–H groups in total. The van der Waals surface area contributed by atoms with Crippen LogP contribution in [0.1, 0.15) is 349 Å². The summed E-state index contributed by atoms with van der Waals surface area (Å²) in [6.07, 6.45) is 59.5. The van der Waals surface area contributed by atoms with E-state index in [9.17, 15) is 14.4 Å². The number of hydrogen-bond acceptors (Lipinski definition) is 6. The van der Waals surface area contributed by atoms with E-state index in [0.29, 0.717) is 19.3 Å². The Morgan fingerprint density at radius 1 is 0.309 bits per heavy atom. The van der Waals surface area contributed by atoms with Gasteiger partial charge in [0.1, 0.15) is 13.2 Å². The Bertz CT molecular complexity index is 1040. The van der Waals surface area contributed by atoms with Crippen LogP contribution in [0.2, 0.25) is 0 Å². The summed E-state index contributed by atoms with van der Waals surface area (Å²) in [4.78, 5) is 38.2. The third-order valence-electron chi connectivity index (χ3n) is 14.6. The van der Waals surface area contributed by atoms with Crippen LogP contribution in [0.5, 0.6) is 0 Å². The van der Waals surface area contributed by atoms with Crippen molar-refractivity contribution in [3.05, 3.63) is 0 Å². The van der Waals surface area contributed by atoms with Crippen molar-refractivity contribution in [3.63, 3.8) is 0 Å². The Morgan fingerprint density at radius 2 is 0.559 bits per heavy atom. The van der Waals surface area contributed by atoms with Crippen LogP contribution in [0, 0.1) is 11.8 Å². The van der Waals surface area contributed by atoms with Crippen molar-refractivity contribution in [3.8, 4) is 0 Å². The quantitative estimate of drug-likeness (QED) is 0.0343. The first-order chi connectivity index (χ1) is 33.3. The fourth-order valence-corrected chi connectivity index (χ4v) is 9.55. The highest BCUT2D eigenvalue weighted by Crippen LogP contribution is 2.19. The van der Waals surface area contributed by atoms with Crippen molar-refractivity contribution in [1.82, 2.24) is 0 Å². The maximum atomic E-state index is 12.9. The number of carbonyl (C=O) groups excluding carboxylic acids is 3. The first-order valence-corrected chi connectivity index (χ1v) is 30.8. The number of hydrogen-bond donors (Lipinski definition) is 0. The van der Waals surface area contributed by atoms with Gasteiger partial charge in [0.2, 0.25) is 0 Å². The van der Waals surface area contributed by atoms with E-state index < -0.39 is 6.10 Å². The summed E-state index contributed by atoms with van der Waals surface area (Å²) in [7, 11) is 0. The fourth-order valence-electron chi connectivity index (χ4n) is 9.55. The fraction of sp³-hybridized carbons (Fsp3) is 0.952. The molecule has 0 saturated carbocycles. The molecule has 0 rings (SSSR count). The van der Waals surface area contributed by atoms with Gasteiger partial charge in [-0.25, -0.2) is 0 Å². The van der Waals surface area contributed by atoms with Crippen LogP contribution in [0.3, 0.4) is 0 Å². The molecule has 0 aromatic heterocycles. The summed E-state index contributed by atoms with van der Waals surface area (Å²) in [5.41, 5.74) is 0. The lowest BCUT2D eigenvalue weighted by molar-refractivity contribution is -0.167. The largest absolute Gasteiger partial charge is 0.462 e. The van der Waals surface area contributed by atoms with Crippen LogP contribution in [0.25, 0.3) is 0 Å². The molecule has 68 heavy (non-hydrogen) atoms. The molecule has 0 heterocycles. The molecule has 6 nitrogen and oxygen atoms in total. The average molecular weight is 962 g/mol. The normalized spacial score (nSPS) is 12.4. The lowest BCUT2D eigenvalue weighted by atomic mass is 9.99. The van der Waals surface area contributed by atoms with Gasteiger partial charge in [0.05, 0.1) is 0 Å². The highest BCUT2D eigenvalue weighted by molar-refractivity contribution is 5.71. The number of unbranched alkanes of at least 4 members (excludes halogenated alkanes) is 40. The highest BCUT2D eigenvalue weighted by Gasteiger charge is 2.19. The van der Waals surface area contributed by atoms with Crippen molar-refractivity contribution >= 4 is 17.9 Å². The number of carbonyl (C=O) groups is 3. The smallest absolute Gasteiger partial charge is 0.306 e. The molecule has 0 bridgehead atoms. The molecular weight excluding hydrogens is 841 g/mol. The molecule has 0 aliphatic heterocycles. The molecule has 0 aliphatic rings. The predicted octanol–water partition coefficient (Wildman–Crippen LogP) is 20.4. The van der Waals surface area contributed by atoms with Crippen molar-refractivity contribution in [2.24, 2.45) is 11.8 Å². The molecule has 0 aromatic carbocycles. The second-order valence-corrected chi connectivity index (χ2v) is 22.1. The van der Waals surface area contributed by atoms with Crippen molar-refractivity contribution in [2.45, 2.75) is 355 Å².